The number of hydroxylamine groups is 3. The molecular formula is C18H19N5O. The summed E-state index contributed by atoms with van der Waals surface area (Å²) in [6, 6.07) is 3.91. The number of hydrogen-bond donors (Lipinski definition) is 1. The first-order chi connectivity index (χ1) is 11.7. The molecule has 6 heteroatoms. The molecule has 1 fully saturated rings. The van der Waals surface area contributed by atoms with Crippen LogP contribution in [0.3, 0.4) is 0 Å². The lowest BCUT2D eigenvalue weighted by atomic mass is 9.94. The highest BCUT2D eigenvalue weighted by molar-refractivity contribution is 5.90. The van der Waals surface area contributed by atoms with Gasteiger partial charge in [-0.1, -0.05) is 12.8 Å². The Morgan fingerprint density at radius 1 is 1.38 bits per heavy atom. The van der Waals surface area contributed by atoms with E-state index in [-0.39, 0.29) is 12.5 Å². The smallest absolute Gasteiger partial charge is 0.141 e. The molecule has 2 aliphatic rings. The third-order valence-electron chi connectivity index (χ3n) is 5.22. The largest absolute Gasteiger partial charge is 0.622 e. The molecule has 1 unspecified atom stereocenters. The second-order valence-electron chi connectivity index (χ2n) is 6.60. The fourth-order valence-corrected chi connectivity index (χ4v) is 4.02. The third-order valence-corrected chi connectivity index (χ3v) is 5.22. The fourth-order valence-electron chi connectivity index (χ4n) is 4.02. The van der Waals surface area contributed by atoms with Gasteiger partial charge in [0.25, 0.3) is 0 Å². The van der Waals surface area contributed by atoms with Crippen LogP contribution in [-0.2, 0) is 0 Å². The minimum absolute atomic E-state index is 0.227. The van der Waals surface area contributed by atoms with Crippen molar-refractivity contribution in [1.29, 1.82) is 5.26 Å². The number of rotatable bonds is 4. The van der Waals surface area contributed by atoms with E-state index in [1.807, 2.05) is 18.3 Å². The lowest BCUT2D eigenvalue weighted by Gasteiger charge is -2.42. The zero-order valence-corrected chi connectivity index (χ0v) is 13.4. The molecule has 3 heterocycles. The normalized spacial score (nSPS) is 25.1. The van der Waals surface area contributed by atoms with Gasteiger partial charge in [0.15, 0.2) is 0 Å². The van der Waals surface area contributed by atoms with Gasteiger partial charge in [-0.05, 0) is 18.9 Å². The van der Waals surface area contributed by atoms with Crippen LogP contribution in [0.4, 0.5) is 0 Å². The first kappa shape index (κ1) is 15.1. The Morgan fingerprint density at radius 2 is 2.21 bits per heavy atom. The Labute approximate surface area is 140 Å². The number of allylic oxidation sites excluding steroid dienone is 2. The molecule has 1 saturated carbocycles. The van der Waals surface area contributed by atoms with Gasteiger partial charge in [-0.15, -0.1) is 0 Å². The van der Waals surface area contributed by atoms with E-state index in [0.717, 1.165) is 48.0 Å². The third kappa shape index (κ3) is 2.42. The van der Waals surface area contributed by atoms with E-state index in [1.165, 1.54) is 6.33 Å². The van der Waals surface area contributed by atoms with Gasteiger partial charge in [-0.25, -0.2) is 9.97 Å². The number of aromatic nitrogens is 3. The Balaban J connectivity index is 1.71. The maximum Gasteiger partial charge on any atom is 0.141 e. The Morgan fingerprint density at radius 3 is 3.00 bits per heavy atom. The summed E-state index contributed by atoms with van der Waals surface area (Å²) in [6.07, 6.45) is 13.2. The van der Waals surface area contributed by atoms with Crippen LogP contribution in [-0.4, -0.2) is 25.6 Å². The molecule has 2 atom stereocenters. The maximum absolute atomic E-state index is 13.4. The lowest BCUT2D eigenvalue weighted by Crippen LogP contribution is -2.44. The summed E-state index contributed by atoms with van der Waals surface area (Å²) in [4.78, 5) is 11.6. The summed E-state index contributed by atoms with van der Waals surface area (Å²) in [5.41, 5.74) is 2.32. The summed E-state index contributed by atoms with van der Waals surface area (Å²) < 4.78 is -0.552. The van der Waals surface area contributed by atoms with Crippen molar-refractivity contribution in [3.63, 3.8) is 0 Å². The van der Waals surface area contributed by atoms with Crippen LogP contribution < -0.4 is 0 Å². The average Bonchev–Trinajstić information content (AvgIpc) is 3.32. The van der Waals surface area contributed by atoms with Crippen LogP contribution in [0.2, 0.25) is 0 Å². The first-order valence-corrected chi connectivity index (χ1v) is 8.38. The monoisotopic (exact) mass is 321 g/mol. The lowest BCUT2D eigenvalue weighted by molar-refractivity contribution is -0.805. The Bertz CT molecular complexity index is 856. The van der Waals surface area contributed by atoms with E-state index in [9.17, 15) is 10.5 Å². The molecule has 2 aromatic heterocycles. The van der Waals surface area contributed by atoms with Gasteiger partial charge in [0.2, 0.25) is 0 Å². The predicted octanol–water partition coefficient (Wildman–Crippen LogP) is 3.61. The summed E-state index contributed by atoms with van der Waals surface area (Å²) in [5.74, 6) is 0.320. The molecule has 24 heavy (non-hydrogen) atoms. The molecule has 0 spiro atoms. The van der Waals surface area contributed by atoms with Crippen molar-refractivity contribution in [2.24, 2.45) is 5.92 Å². The van der Waals surface area contributed by atoms with Crippen LogP contribution in [0.1, 0.15) is 37.8 Å². The van der Waals surface area contributed by atoms with Gasteiger partial charge in [0, 0.05) is 23.6 Å². The summed E-state index contributed by atoms with van der Waals surface area (Å²) in [7, 11) is 0. The molecule has 1 aliphatic heterocycles. The fraction of sp³-hybridized carbons (Fsp3) is 0.389. The number of H-pyrrole nitrogens is 1. The van der Waals surface area contributed by atoms with Gasteiger partial charge in [0.1, 0.15) is 30.4 Å². The topological polar surface area (TPSA) is 88.4 Å². The zero-order valence-electron chi connectivity index (χ0n) is 13.4. The Hall–Kier alpha value is -2.49. The van der Waals surface area contributed by atoms with E-state index in [0.29, 0.717) is 5.92 Å². The second kappa shape index (κ2) is 5.86. The van der Waals surface area contributed by atoms with Gasteiger partial charge in [-0.2, -0.15) is 5.26 Å². The van der Waals surface area contributed by atoms with E-state index >= 15 is 0 Å². The van der Waals surface area contributed by atoms with E-state index < -0.39 is 4.65 Å². The molecule has 122 valence electrons. The minimum Gasteiger partial charge on any atom is -0.622 e. The standard InChI is InChI=1S/C18H19N5O/c19-8-5-16(13-3-1-2-4-13)23(24)10-7-14(11-23)17-15-6-9-20-18(15)22-12-21-17/h6-7,9-13,16H,1-5H2,(H,20,21,22)/t16-,23?/m1/s1. The van der Waals surface area contributed by atoms with Crippen LogP contribution in [0.25, 0.3) is 16.6 Å². The average molecular weight is 321 g/mol. The van der Waals surface area contributed by atoms with Gasteiger partial charge in [0.05, 0.1) is 23.8 Å². The number of quaternary nitrogens is 1. The highest BCUT2D eigenvalue weighted by Crippen LogP contribution is 2.39. The van der Waals surface area contributed by atoms with Crippen LogP contribution in [0.5, 0.6) is 0 Å². The molecule has 2 aromatic rings. The van der Waals surface area contributed by atoms with Gasteiger partial charge < -0.3 is 14.8 Å². The van der Waals surface area contributed by atoms with Gasteiger partial charge in [-0.3, -0.25) is 0 Å². The number of fused-ring (bicyclic) bond motifs is 1. The second-order valence-corrected chi connectivity index (χ2v) is 6.60. The predicted molar refractivity (Wildman–Crippen MR) is 90.6 cm³/mol. The minimum atomic E-state index is -0.552. The molecule has 0 radical (unpaired) electrons. The maximum atomic E-state index is 13.4. The highest BCUT2D eigenvalue weighted by atomic mass is 16.5. The number of nitrogens with zero attached hydrogens (tertiary/aromatic N) is 4. The summed E-state index contributed by atoms with van der Waals surface area (Å²) in [5, 5.41) is 23.5. The van der Waals surface area contributed by atoms with Crippen LogP contribution in [0, 0.1) is 22.5 Å². The molecular weight excluding hydrogens is 302 g/mol. The van der Waals surface area contributed by atoms with Crippen molar-refractivity contribution in [1.82, 2.24) is 15.0 Å². The van der Waals surface area contributed by atoms with Gasteiger partial charge >= 0.3 is 0 Å². The zero-order chi connectivity index (χ0) is 16.6. The van der Waals surface area contributed by atoms with Crippen molar-refractivity contribution in [3.05, 3.63) is 48.0 Å². The SMILES string of the molecule is N#CC[C@H](C1CCCC1)[N+]1([O-])C=CC(c2ncnc3[nH]ccc23)=C1. The highest BCUT2D eigenvalue weighted by Gasteiger charge is 2.37. The molecule has 0 amide bonds. The van der Waals surface area contributed by atoms with E-state index in [4.69, 9.17) is 0 Å². The van der Waals surface area contributed by atoms with Crippen molar-refractivity contribution >= 4 is 16.6 Å². The molecule has 0 saturated heterocycles. The first-order valence-electron chi connectivity index (χ1n) is 8.38. The molecule has 1 aliphatic carbocycles. The summed E-state index contributed by atoms with van der Waals surface area (Å²) in [6.45, 7) is 0. The molecule has 0 bridgehead atoms. The summed E-state index contributed by atoms with van der Waals surface area (Å²) >= 11 is 0. The van der Waals surface area contributed by atoms with Crippen molar-refractivity contribution in [2.45, 2.75) is 38.1 Å². The number of hydrogen-bond acceptors (Lipinski definition) is 4. The van der Waals surface area contributed by atoms with Crippen molar-refractivity contribution < 1.29 is 4.65 Å². The Kier molecular flexibility index (Phi) is 3.68. The molecule has 0 aromatic carbocycles. The van der Waals surface area contributed by atoms with E-state index in [1.54, 1.807) is 12.4 Å². The van der Waals surface area contributed by atoms with Crippen molar-refractivity contribution in [3.8, 4) is 6.07 Å². The number of aromatic amines is 1. The van der Waals surface area contributed by atoms with E-state index in [2.05, 4.69) is 21.0 Å². The molecule has 6 nitrogen and oxygen atoms in total. The van der Waals surface area contributed by atoms with Crippen molar-refractivity contribution in [2.75, 3.05) is 0 Å². The van der Waals surface area contributed by atoms with Crippen LogP contribution in [0.15, 0.2) is 37.1 Å². The van der Waals surface area contributed by atoms with Crippen LogP contribution >= 0.6 is 0 Å². The molecule has 1 N–H and O–H groups in total. The molecule has 4 rings (SSSR count). The number of nitriles is 1. The quantitative estimate of drug-likeness (QED) is 0.688. The number of nitrogens with one attached hydrogen (secondary N) is 1.